The van der Waals surface area contributed by atoms with E-state index in [0.29, 0.717) is 19.6 Å². The molecule has 0 saturated carbocycles. The quantitative estimate of drug-likeness (QED) is 0.785. The summed E-state index contributed by atoms with van der Waals surface area (Å²) in [5, 5.41) is 9.34. The van der Waals surface area contributed by atoms with Gasteiger partial charge in [0.05, 0.1) is 13.2 Å². The molecule has 0 amide bonds. The van der Waals surface area contributed by atoms with Crippen molar-refractivity contribution in [3.63, 3.8) is 0 Å². The van der Waals surface area contributed by atoms with Crippen LogP contribution in [0.1, 0.15) is 13.3 Å². The third kappa shape index (κ3) is 2.27. The molecule has 1 N–H and O–H groups in total. The zero-order valence-corrected chi connectivity index (χ0v) is 11.9. The molecule has 20 heavy (non-hydrogen) atoms. The predicted molar refractivity (Wildman–Crippen MR) is 71.6 cm³/mol. The van der Waals surface area contributed by atoms with E-state index in [0.717, 1.165) is 0 Å². The van der Waals surface area contributed by atoms with Crippen LogP contribution in [0.25, 0.3) is 0 Å². The van der Waals surface area contributed by atoms with Gasteiger partial charge in [-0.1, -0.05) is 13.0 Å². The van der Waals surface area contributed by atoms with Gasteiger partial charge < -0.3 is 14.6 Å². The van der Waals surface area contributed by atoms with Crippen molar-refractivity contribution in [1.29, 1.82) is 0 Å². The Morgan fingerprint density at radius 1 is 1.45 bits per heavy atom. The lowest BCUT2D eigenvalue weighted by molar-refractivity contribution is -0.195. The molecule has 2 unspecified atom stereocenters. The first-order valence-corrected chi connectivity index (χ1v) is 8.00. The highest BCUT2D eigenvalue weighted by molar-refractivity contribution is 7.93. The number of nitrogens with zero attached hydrogens (tertiary/aromatic N) is 1. The van der Waals surface area contributed by atoms with Crippen molar-refractivity contribution in [2.24, 2.45) is 4.99 Å². The van der Waals surface area contributed by atoms with E-state index in [2.05, 4.69) is 4.99 Å². The number of ether oxygens (including phenoxy) is 2. The van der Waals surface area contributed by atoms with Gasteiger partial charge in [-0.2, -0.15) is 0 Å². The predicted octanol–water partition coefficient (Wildman–Crippen LogP) is 0.0167. The average Bonchev–Trinajstić information content (AvgIpc) is 2.47. The Morgan fingerprint density at radius 2 is 2.10 bits per heavy atom. The van der Waals surface area contributed by atoms with Gasteiger partial charge in [0.1, 0.15) is 0 Å². The Balaban J connectivity index is 2.56. The Bertz CT molecular complexity index is 534. The molecule has 1 fully saturated rings. The van der Waals surface area contributed by atoms with Gasteiger partial charge >= 0.3 is 5.97 Å². The molecule has 2 aliphatic rings. The molecule has 0 aromatic carbocycles. The summed E-state index contributed by atoms with van der Waals surface area (Å²) < 4.78 is 34.1. The number of hydrogen-bond acceptors (Lipinski definition) is 6. The van der Waals surface area contributed by atoms with Crippen molar-refractivity contribution in [3.05, 3.63) is 12.2 Å². The number of sulfone groups is 1. The fourth-order valence-corrected chi connectivity index (χ4v) is 4.14. The fraction of sp³-hybridized carbons (Fsp3) is 0.667. The standard InChI is InChI=1S/C12H17NO6S/c1-2-20(16,17)12(11-18-7-4-8-19-11)5-3-6-13-9(12)10(14)15/h3,5-6,9,11H,2,4,7-8H2,1H3,(H,14,15). The SMILES string of the molecule is CCS(=O)(=O)C1(C2OCCCO2)C=CC=NC1C(=O)O. The van der Waals surface area contributed by atoms with Gasteiger partial charge in [0.25, 0.3) is 0 Å². The smallest absolute Gasteiger partial charge is 0.330 e. The number of carbonyl (C=O) groups is 1. The summed E-state index contributed by atoms with van der Waals surface area (Å²) in [6.45, 7) is 2.12. The molecule has 7 nitrogen and oxygen atoms in total. The lowest BCUT2D eigenvalue weighted by atomic mass is 9.95. The Kier molecular flexibility index (Phi) is 4.26. The van der Waals surface area contributed by atoms with E-state index < -0.39 is 32.9 Å². The minimum atomic E-state index is -3.81. The number of dihydropyridines is 1. The number of hydrogen-bond donors (Lipinski definition) is 1. The third-order valence-corrected chi connectivity index (χ3v) is 5.84. The molecular formula is C12H17NO6S. The van der Waals surface area contributed by atoms with Crippen LogP contribution < -0.4 is 0 Å². The molecule has 2 heterocycles. The van der Waals surface area contributed by atoms with Gasteiger partial charge in [0, 0.05) is 12.0 Å². The first kappa shape index (κ1) is 15.1. The lowest BCUT2D eigenvalue weighted by Crippen LogP contribution is -2.62. The van der Waals surface area contributed by atoms with Gasteiger partial charge in [-0.3, -0.25) is 4.99 Å². The van der Waals surface area contributed by atoms with E-state index in [1.165, 1.54) is 25.3 Å². The van der Waals surface area contributed by atoms with Crippen LogP contribution in [0.4, 0.5) is 0 Å². The van der Waals surface area contributed by atoms with Crippen LogP contribution in [0.3, 0.4) is 0 Å². The summed E-state index contributed by atoms with van der Waals surface area (Å²) in [6.07, 6.45) is 3.52. The van der Waals surface area contributed by atoms with Crippen molar-refractivity contribution in [2.45, 2.75) is 30.4 Å². The van der Waals surface area contributed by atoms with Gasteiger partial charge in [0.15, 0.2) is 26.9 Å². The van der Waals surface area contributed by atoms with Gasteiger partial charge in [-0.05, 0) is 12.5 Å². The van der Waals surface area contributed by atoms with Crippen molar-refractivity contribution >= 4 is 22.0 Å². The molecule has 0 aliphatic carbocycles. The topological polar surface area (TPSA) is 102 Å². The molecule has 0 bridgehead atoms. The summed E-state index contributed by atoms with van der Waals surface area (Å²) in [4.78, 5) is 15.3. The van der Waals surface area contributed by atoms with Crippen LogP contribution in [0.15, 0.2) is 17.1 Å². The van der Waals surface area contributed by atoms with Gasteiger partial charge in [0.2, 0.25) is 0 Å². The first-order chi connectivity index (χ1) is 9.45. The average molecular weight is 303 g/mol. The molecular weight excluding hydrogens is 286 g/mol. The summed E-state index contributed by atoms with van der Waals surface area (Å²) >= 11 is 0. The summed E-state index contributed by atoms with van der Waals surface area (Å²) in [5.74, 6) is -1.54. The van der Waals surface area contributed by atoms with Gasteiger partial charge in [-0.25, -0.2) is 13.2 Å². The zero-order chi connectivity index (χ0) is 14.8. The molecule has 8 heteroatoms. The maximum atomic E-state index is 12.5. The zero-order valence-electron chi connectivity index (χ0n) is 11.1. The number of allylic oxidation sites excluding steroid dienone is 1. The molecule has 0 radical (unpaired) electrons. The van der Waals surface area contributed by atoms with E-state index in [9.17, 15) is 18.3 Å². The Morgan fingerprint density at radius 3 is 2.65 bits per heavy atom. The number of rotatable bonds is 4. The second kappa shape index (κ2) is 5.63. The monoisotopic (exact) mass is 303 g/mol. The molecule has 0 spiro atoms. The van der Waals surface area contributed by atoms with Crippen molar-refractivity contribution in [2.75, 3.05) is 19.0 Å². The molecule has 112 valence electrons. The highest BCUT2D eigenvalue weighted by Gasteiger charge is 2.59. The fourth-order valence-electron chi connectivity index (χ4n) is 2.42. The molecule has 2 atom stereocenters. The summed E-state index contributed by atoms with van der Waals surface area (Å²) in [5.41, 5.74) is 0. The van der Waals surface area contributed by atoms with Crippen LogP contribution in [-0.4, -0.2) is 61.8 Å². The molecule has 2 aliphatic heterocycles. The second-order valence-electron chi connectivity index (χ2n) is 4.58. The van der Waals surface area contributed by atoms with Crippen LogP contribution in [-0.2, 0) is 24.1 Å². The second-order valence-corrected chi connectivity index (χ2v) is 7.10. The highest BCUT2D eigenvalue weighted by atomic mass is 32.2. The summed E-state index contributed by atoms with van der Waals surface area (Å²) in [6, 6.07) is -1.47. The van der Waals surface area contributed by atoms with E-state index in [-0.39, 0.29) is 5.75 Å². The molecule has 2 rings (SSSR count). The maximum absolute atomic E-state index is 12.5. The van der Waals surface area contributed by atoms with E-state index in [1.54, 1.807) is 0 Å². The molecule has 1 saturated heterocycles. The van der Waals surface area contributed by atoms with Crippen LogP contribution in [0, 0.1) is 0 Å². The largest absolute Gasteiger partial charge is 0.480 e. The normalized spacial score (nSPS) is 31.4. The van der Waals surface area contributed by atoms with E-state index in [1.807, 2.05) is 0 Å². The first-order valence-electron chi connectivity index (χ1n) is 6.35. The van der Waals surface area contributed by atoms with Crippen molar-refractivity contribution in [3.8, 4) is 0 Å². The molecule has 0 aromatic heterocycles. The minimum absolute atomic E-state index is 0.222. The highest BCUT2D eigenvalue weighted by Crippen LogP contribution is 2.36. The van der Waals surface area contributed by atoms with Crippen molar-refractivity contribution < 1.29 is 27.8 Å². The number of carboxylic acids is 1. The minimum Gasteiger partial charge on any atom is -0.480 e. The summed E-state index contributed by atoms with van der Waals surface area (Å²) in [7, 11) is -3.81. The van der Waals surface area contributed by atoms with Crippen LogP contribution in [0.2, 0.25) is 0 Å². The molecule has 0 aromatic rings. The lowest BCUT2D eigenvalue weighted by Gasteiger charge is -2.41. The van der Waals surface area contributed by atoms with Crippen LogP contribution >= 0.6 is 0 Å². The van der Waals surface area contributed by atoms with E-state index >= 15 is 0 Å². The van der Waals surface area contributed by atoms with Crippen molar-refractivity contribution in [1.82, 2.24) is 0 Å². The van der Waals surface area contributed by atoms with E-state index in [4.69, 9.17) is 9.47 Å². The third-order valence-electron chi connectivity index (χ3n) is 3.45. The number of aliphatic imine (C=N–C) groups is 1. The van der Waals surface area contributed by atoms with Gasteiger partial charge in [-0.15, -0.1) is 0 Å². The Hall–Kier alpha value is -1.25. The maximum Gasteiger partial charge on any atom is 0.330 e. The number of carboxylic acid groups (broad SMARTS) is 1. The number of aliphatic carboxylic acids is 1. The van der Waals surface area contributed by atoms with Crippen LogP contribution in [0.5, 0.6) is 0 Å². The Labute approximate surface area is 117 Å².